The topological polar surface area (TPSA) is 43.8 Å². The summed E-state index contributed by atoms with van der Waals surface area (Å²) in [6.07, 6.45) is 0. The molecule has 0 aromatic heterocycles. The third kappa shape index (κ3) is 3.11. The molecular formula is C14H19FN2O2. The van der Waals surface area contributed by atoms with Crippen LogP contribution in [0.15, 0.2) is 24.3 Å². The molecule has 0 radical (unpaired) electrons. The maximum atomic E-state index is 13.0. The quantitative estimate of drug-likeness (QED) is 0.902. The molecule has 1 aromatic carbocycles. The summed E-state index contributed by atoms with van der Waals surface area (Å²) in [7, 11) is 2.03. The average molecular weight is 266 g/mol. The third-order valence-electron chi connectivity index (χ3n) is 3.63. The van der Waals surface area contributed by atoms with Gasteiger partial charge in [-0.3, -0.25) is 9.69 Å². The van der Waals surface area contributed by atoms with Crippen molar-refractivity contribution in [2.45, 2.75) is 19.0 Å². The highest BCUT2D eigenvalue weighted by molar-refractivity contribution is 5.75. The number of likely N-dealkylation sites (N-methyl/N-ethyl adjacent to an activating group) is 1. The van der Waals surface area contributed by atoms with Crippen LogP contribution in [0.2, 0.25) is 0 Å². The lowest BCUT2D eigenvalue weighted by atomic mass is 10.0. The number of carboxylic acid groups (broad SMARTS) is 1. The average Bonchev–Trinajstić information content (AvgIpc) is 2.34. The maximum absolute atomic E-state index is 13.0. The molecule has 1 saturated heterocycles. The molecule has 2 unspecified atom stereocenters. The number of halogens is 1. The van der Waals surface area contributed by atoms with Crippen LogP contribution in [0.25, 0.3) is 0 Å². The van der Waals surface area contributed by atoms with Crippen LogP contribution >= 0.6 is 0 Å². The molecule has 4 nitrogen and oxygen atoms in total. The Hall–Kier alpha value is -1.46. The molecule has 1 fully saturated rings. The van der Waals surface area contributed by atoms with Crippen molar-refractivity contribution in [3.05, 3.63) is 35.6 Å². The summed E-state index contributed by atoms with van der Waals surface area (Å²) in [5.74, 6) is -1.23. The summed E-state index contributed by atoms with van der Waals surface area (Å²) in [6, 6.07) is 5.19. The van der Waals surface area contributed by atoms with Crippen molar-refractivity contribution in [2.75, 3.05) is 26.7 Å². The summed E-state index contributed by atoms with van der Waals surface area (Å²) in [4.78, 5) is 15.7. The number of benzene rings is 1. The second-order valence-corrected chi connectivity index (χ2v) is 5.14. The predicted octanol–water partition coefficient (Wildman–Crippen LogP) is 1.59. The highest BCUT2D eigenvalue weighted by atomic mass is 19.1. The minimum atomic E-state index is -0.886. The summed E-state index contributed by atoms with van der Waals surface area (Å²) in [5, 5.41) is 9.48. The van der Waals surface area contributed by atoms with Crippen LogP contribution in [0.3, 0.4) is 0 Å². The van der Waals surface area contributed by atoms with E-state index < -0.39 is 12.0 Å². The van der Waals surface area contributed by atoms with Crippen LogP contribution in [0.4, 0.5) is 4.39 Å². The number of carboxylic acids is 1. The summed E-state index contributed by atoms with van der Waals surface area (Å²) >= 11 is 0. The second-order valence-electron chi connectivity index (χ2n) is 5.14. The summed E-state index contributed by atoms with van der Waals surface area (Å²) in [6.45, 7) is 4.40. The van der Waals surface area contributed by atoms with Gasteiger partial charge in [-0.1, -0.05) is 12.1 Å². The molecule has 1 heterocycles. The molecule has 2 rings (SSSR count). The first-order valence-electron chi connectivity index (χ1n) is 6.41. The van der Waals surface area contributed by atoms with E-state index in [2.05, 4.69) is 4.90 Å². The molecule has 0 bridgehead atoms. The molecule has 0 amide bonds. The lowest BCUT2D eigenvalue weighted by molar-refractivity contribution is -0.145. The Balaban J connectivity index is 2.25. The van der Waals surface area contributed by atoms with Crippen molar-refractivity contribution >= 4 is 5.97 Å². The second kappa shape index (κ2) is 5.67. The molecule has 1 aromatic rings. The van der Waals surface area contributed by atoms with Crippen LogP contribution in [0, 0.1) is 5.82 Å². The van der Waals surface area contributed by atoms with Gasteiger partial charge in [0.1, 0.15) is 11.9 Å². The maximum Gasteiger partial charge on any atom is 0.325 e. The highest BCUT2D eigenvalue weighted by Gasteiger charge is 2.33. The van der Waals surface area contributed by atoms with Gasteiger partial charge >= 0.3 is 5.97 Å². The number of hydrogen-bond acceptors (Lipinski definition) is 3. The van der Waals surface area contributed by atoms with Crippen molar-refractivity contribution in [1.82, 2.24) is 9.80 Å². The van der Waals surface area contributed by atoms with Crippen molar-refractivity contribution in [3.63, 3.8) is 0 Å². The Morgan fingerprint density at radius 1 is 1.37 bits per heavy atom. The van der Waals surface area contributed by atoms with Gasteiger partial charge in [-0.05, 0) is 31.7 Å². The number of hydrogen-bond donors (Lipinski definition) is 1. The van der Waals surface area contributed by atoms with Gasteiger partial charge in [0.05, 0.1) is 0 Å². The van der Waals surface area contributed by atoms with Crippen molar-refractivity contribution < 1.29 is 14.3 Å². The Labute approximate surface area is 112 Å². The minimum Gasteiger partial charge on any atom is -0.480 e. The molecule has 1 aliphatic rings. The van der Waals surface area contributed by atoms with Gasteiger partial charge in [0.25, 0.3) is 0 Å². The number of nitrogens with zero attached hydrogens (tertiary/aromatic N) is 2. The zero-order valence-corrected chi connectivity index (χ0v) is 11.2. The van der Waals surface area contributed by atoms with E-state index in [0.717, 1.165) is 13.1 Å². The molecule has 1 N–H and O–H groups in total. The number of carbonyl (C=O) groups is 1. The normalized spacial score (nSPS) is 23.2. The molecule has 2 atom stereocenters. The lowest BCUT2D eigenvalue weighted by Crippen LogP contribution is -2.53. The van der Waals surface area contributed by atoms with E-state index in [1.807, 2.05) is 18.9 Å². The fraction of sp³-hybridized carbons (Fsp3) is 0.500. The summed E-state index contributed by atoms with van der Waals surface area (Å²) < 4.78 is 13.0. The van der Waals surface area contributed by atoms with E-state index in [1.54, 1.807) is 12.1 Å². The minimum absolute atomic E-state index is 0.157. The molecular weight excluding hydrogens is 247 g/mol. The number of rotatable bonds is 3. The fourth-order valence-corrected chi connectivity index (χ4v) is 2.66. The van der Waals surface area contributed by atoms with Crippen molar-refractivity contribution in [3.8, 4) is 0 Å². The van der Waals surface area contributed by atoms with E-state index >= 15 is 0 Å². The smallest absolute Gasteiger partial charge is 0.325 e. The fourth-order valence-electron chi connectivity index (χ4n) is 2.66. The van der Waals surface area contributed by atoms with Crippen molar-refractivity contribution in [1.29, 1.82) is 0 Å². The van der Waals surface area contributed by atoms with E-state index in [9.17, 15) is 14.3 Å². The predicted molar refractivity (Wildman–Crippen MR) is 70.4 cm³/mol. The van der Waals surface area contributed by atoms with E-state index in [1.165, 1.54) is 12.1 Å². The zero-order valence-electron chi connectivity index (χ0n) is 11.2. The first kappa shape index (κ1) is 14.0. The van der Waals surface area contributed by atoms with Crippen molar-refractivity contribution in [2.24, 2.45) is 0 Å². The Morgan fingerprint density at radius 3 is 2.53 bits per heavy atom. The van der Waals surface area contributed by atoms with E-state index in [-0.39, 0.29) is 11.9 Å². The van der Waals surface area contributed by atoms with Crippen LogP contribution in [0.1, 0.15) is 18.5 Å². The zero-order chi connectivity index (χ0) is 14.0. The van der Waals surface area contributed by atoms with Gasteiger partial charge in [0.2, 0.25) is 0 Å². The van der Waals surface area contributed by atoms with Gasteiger partial charge in [-0.15, -0.1) is 0 Å². The molecule has 0 spiro atoms. The Bertz CT molecular complexity index is 449. The van der Waals surface area contributed by atoms with Gasteiger partial charge in [-0.2, -0.15) is 0 Å². The molecule has 0 saturated carbocycles. The highest BCUT2D eigenvalue weighted by Crippen LogP contribution is 2.25. The third-order valence-corrected chi connectivity index (χ3v) is 3.63. The first-order chi connectivity index (χ1) is 8.99. The molecule has 0 aliphatic carbocycles. The van der Waals surface area contributed by atoms with Crippen LogP contribution < -0.4 is 0 Å². The largest absolute Gasteiger partial charge is 0.480 e. The SMILES string of the molecule is CC1CN(C)CCN1C(C(=O)O)c1ccc(F)cc1. The molecule has 5 heteroatoms. The Morgan fingerprint density at radius 2 is 2.00 bits per heavy atom. The molecule has 104 valence electrons. The standard InChI is InChI=1S/C14H19FN2O2/c1-10-9-16(2)7-8-17(10)13(14(18)19)11-3-5-12(15)6-4-11/h3-6,10,13H,7-9H2,1-2H3,(H,18,19). The number of aliphatic carboxylic acids is 1. The van der Waals surface area contributed by atoms with Crippen LogP contribution in [-0.2, 0) is 4.79 Å². The van der Waals surface area contributed by atoms with Gasteiger partial charge < -0.3 is 10.0 Å². The van der Waals surface area contributed by atoms with E-state index in [4.69, 9.17) is 0 Å². The lowest BCUT2D eigenvalue weighted by Gasteiger charge is -2.41. The van der Waals surface area contributed by atoms with Gasteiger partial charge in [-0.25, -0.2) is 4.39 Å². The molecule has 1 aliphatic heterocycles. The van der Waals surface area contributed by atoms with Crippen LogP contribution in [0.5, 0.6) is 0 Å². The van der Waals surface area contributed by atoms with Gasteiger partial charge in [0.15, 0.2) is 0 Å². The molecule has 19 heavy (non-hydrogen) atoms. The monoisotopic (exact) mass is 266 g/mol. The van der Waals surface area contributed by atoms with Gasteiger partial charge in [0, 0.05) is 25.7 Å². The first-order valence-corrected chi connectivity index (χ1v) is 6.41. The van der Waals surface area contributed by atoms with E-state index in [0.29, 0.717) is 12.1 Å². The summed E-state index contributed by atoms with van der Waals surface area (Å²) in [5.41, 5.74) is 0.630. The van der Waals surface area contributed by atoms with Crippen LogP contribution in [-0.4, -0.2) is 53.6 Å². The number of piperazine rings is 1. The Kier molecular flexibility index (Phi) is 4.17.